The molecular formula is C14H14N6S. The Bertz CT molecular complexity index is 797. The maximum Gasteiger partial charge on any atom is 0.203 e. The zero-order chi connectivity index (χ0) is 14.8. The molecule has 1 aromatic carbocycles. The first-order valence-electron chi connectivity index (χ1n) is 6.39. The van der Waals surface area contributed by atoms with Crippen LogP contribution in [0.4, 0.5) is 5.82 Å². The topological polar surface area (TPSA) is 72.3 Å². The average Bonchev–Trinajstić information content (AvgIpc) is 2.95. The monoisotopic (exact) mass is 298 g/mol. The Morgan fingerprint density at radius 3 is 3.10 bits per heavy atom. The standard InChI is InChI=1S/C14H14N6S/c1-19(8-10-3-2-4-11(7-10)12(15)21)13-14-18-17-9-20(14)6-5-16-13/h2-7,9H,8H2,1H3,(H2,15,21). The van der Waals surface area contributed by atoms with Gasteiger partial charge in [-0.15, -0.1) is 10.2 Å². The van der Waals surface area contributed by atoms with E-state index in [-0.39, 0.29) is 0 Å². The quantitative estimate of drug-likeness (QED) is 0.734. The molecule has 2 heterocycles. The SMILES string of the molecule is CN(Cc1cccc(C(N)=S)c1)c1nccn2cnnc12. The van der Waals surface area contributed by atoms with Crippen molar-refractivity contribution < 1.29 is 0 Å². The van der Waals surface area contributed by atoms with Gasteiger partial charge in [0.1, 0.15) is 11.3 Å². The molecule has 6 nitrogen and oxygen atoms in total. The third-order valence-corrected chi connectivity index (χ3v) is 3.43. The normalized spacial score (nSPS) is 10.7. The molecule has 0 spiro atoms. The number of fused-ring (bicyclic) bond motifs is 1. The van der Waals surface area contributed by atoms with E-state index in [0.717, 1.165) is 22.6 Å². The van der Waals surface area contributed by atoms with Crippen LogP contribution in [0.25, 0.3) is 5.65 Å². The third kappa shape index (κ3) is 2.68. The Labute approximate surface area is 127 Å². The molecule has 2 aromatic heterocycles. The molecule has 0 aliphatic heterocycles. The minimum absolute atomic E-state index is 0.400. The van der Waals surface area contributed by atoms with Crippen LogP contribution in [0.1, 0.15) is 11.1 Å². The molecule has 0 aliphatic rings. The predicted octanol–water partition coefficient (Wildman–Crippen LogP) is 1.39. The van der Waals surface area contributed by atoms with Crippen LogP contribution in [0, 0.1) is 0 Å². The number of nitrogens with zero attached hydrogens (tertiary/aromatic N) is 5. The van der Waals surface area contributed by atoms with Crippen molar-refractivity contribution in [2.75, 3.05) is 11.9 Å². The zero-order valence-electron chi connectivity index (χ0n) is 11.5. The number of anilines is 1. The van der Waals surface area contributed by atoms with Crippen LogP contribution in [-0.4, -0.2) is 31.6 Å². The van der Waals surface area contributed by atoms with Gasteiger partial charge in [0.15, 0.2) is 5.82 Å². The second kappa shape index (κ2) is 5.45. The van der Waals surface area contributed by atoms with Gasteiger partial charge in [0.05, 0.1) is 0 Å². The van der Waals surface area contributed by atoms with Gasteiger partial charge in [0, 0.05) is 31.5 Å². The van der Waals surface area contributed by atoms with Crippen LogP contribution < -0.4 is 10.6 Å². The van der Waals surface area contributed by atoms with E-state index in [9.17, 15) is 0 Å². The first-order valence-corrected chi connectivity index (χ1v) is 6.80. The molecule has 0 atom stereocenters. The Balaban J connectivity index is 1.89. The molecule has 0 fully saturated rings. The number of rotatable bonds is 4. The summed E-state index contributed by atoms with van der Waals surface area (Å²) in [4.78, 5) is 6.80. The molecular weight excluding hydrogens is 284 g/mol. The van der Waals surface area contributed by atoms with Crippen LogP contribution in [0.3, 0.4) is 0 Å². The summed E-state index contributed by atoms with van der Waals surface area (Å²) >= 11 is 5.01. The molecule has 0 amide bonds. The zero-order valence-corrected chi connectivity index (χ0v) is 12.3. The van der Waals surface area contributed by atoms with Crippen molar-refractivity contribution >= 4 is 28.7 Å². The van der Waals surface area contributed by atoms with Gasteiger partial charge < -0.3 is 10.6 Å². The van der Waals surface area contributed by atoms with E-state index in [1.807, 2.05) is 46.8 Å². The van der Waals surface area contributed by atoms with E-state index in [0.29, 0.717) is 11.5 Å². The summed E-state index contributed by atoms with van der Waals surface area (Å²) in [5.74, 6) is 0.774. The number of benzene rings is 1. The molecule has 0 saturated heterocycles. The number of hydrogen-bond donors (Lipinski definition) is 1. The van der Waals surface area contributed by atoms with Gasteiger partial charge in [0.2, 0.25) is 5.65 Å². The molecule has 0 unspecified atom stereocenters. The summed E-state index contributed by atoms with van der Waals surface area (Å²) in [6.07, 6.45) is 5.20. The lowest BCUT2D eigenvalue weighted by Gasteiger charge is -2.18. The molecule has 0 saturated carbocycles. The maximum absolute atomic E-state index is 5.67. The van der Waals surface area contributed by atoms with E-state index >= 15 is 0 Å². The van der Waals surface area contributed by atoms with E-state index in [1.165, 1.54) is 0 Å². The van der Waals surface area contributed by atoms with Gasteiger partial charge in [-0.2, -0.15) is 0 Å². The second-order valence-corrected chi connectivity index (χ2v) is 5.17. The average molecular weight is 298 g/mol. The van der Waals surface area contributed by atoms with E-state index in [2.05, 4.69) is 15.2 Å². The molecule has 7 heteroatoms. The number of thiocarbonyl (C=S) groups is 1. The molecule has 3 rings (SSSR count). The fourth-order valence-electron chi connectivity index (χ4n) is 2.19. The largest absolute Gasteiger partial charge is 0.389 e. The van der Waals surface area contributed by atoms with Crippen molar-refractivity contribution in [2.24, 2.45) is 5.73 Å². The number of hydrogen-bond acceptors (Lipinski definition) is 5. The lowest BCUT2D eigenvalue weighted by Crippen LogP contribution is -2.19. The summed E-state index contributed by atoms with van der Waals surface area (Å²) in [7, 11) is 1.96. The van der Waals surface area contributed by atoms with Crippen LogP contribution in [0.5, 0.6) is 0 Å². The first kappa shape index (κ1) is 13.4. The van der Waals surface area contributed by atoms with Gasteiger partial charge >= 0.3 is 0 Å². The van der Waals surface area contributed by atoms with Crippen LogP contribution in [0.15, 0.2) is 43.0 Å². The second-order valence-electron chi connectivity index (χ2n) is 4.73. The third-order valence-electron chi connectivity index (χ3n) is 3.19. The number of aromatic nitrogens is 4. The van der Waals surface area contributed by atoms with Gasteiger partial charge in [-0.3, -0.25) is 4.40 Å². The smallest absolute Gasteiger partial charge is 0.203 e. The van der Waals surface area contributed by atoms with Crippen molar-refractivity contribution in [2.45, 2.75) is 6.54 Å². The van der Waals surface area contributed by atoms with Gasteiger partial charge in [-0.25, -0.2) is 4.98 Å². The van der Waals surface area contributed by atoms with Crippen molar-refractivity contribution in [1.29, 1.82) is 0 Å². The highest BCUT2D eigenvalue weighted by Crippen LogP contribution is 2.17. The van der Waals surface area contributed by atoms with Crippen LogP contribution in [0.2, 0.25) is 0 Å². The van der Waals surface area contributed by atoms with Crippen molar-refractivity contribution in [3.8, 4) is 0 Å². The predicted molar refractivity (Wildman–Crippen MR) is 85.2 cm³/mol. The highest BCUT2D eigenvalue weighted by molar-refractivity contribution is 7.80. The Hall–Kier alpha value is -2.54. The highest BCUT2D eigenvalue weighted by atomic mass is 32.1. The summed E-state index contributed by atoms with van der Waals surface area (Å²) in [5, 5.41) is 8.00. The fourth-order valence-corrected chi connectivity index (χ4v) is 2.31. The van der Waals surface area contributed by atoms with E-state index in [1.54, 1.807) is 12.5 Å². The summed E-state index contributed by atoms with van der Waals surface area (Å²) in [6, 6.07) is 7.87. The molecule has 2 N–H and O–H groups in total. The van der Waals surface area contributed by atoms with Crippen LogP contribution in [-0.2, 0) is 6.54 Å². The number of nitrogens with two attached hydrogens (primary N) is 1. The Morgan fingerprint density at radius 1 is 1.43 bits per heavy atom. The molecule has 106 valence electrons. The Kier molecular flexibility index (Phi) is 3.49. The summed E-state index contributed by atoms with van der Waals surface area (Å²) in [6.45, 7) is 0.677. The minimum Gasteiger partial charge on any atom is -0.389 e. The fraction of sp³-hybridized carbons (Fsp3) is 0.143. The van der Waals surface area contributed by atoms with Crippen LogP contribution >= 0.6 is 12.2 Å². The molecule has 0 bridgehead atoms. The Morgan fingerprint density at radius 2 is 2.29 bits per heavy atom. The van der Waals surface area contributed by atoms with Gasteiger partial charge in [-0.05, 0) is 11.6 Å². The summed E-state index contributed by atoms with van der Waals surface area (Å²) in [5.41, 5.74) is 8.36. The van der Waals surface area contributed by atoms with Crippen molar-refractivity contribution in [1.82, 2.24) is 19.6 Å². The minimum atomic E-state index is 0.400. The van der Waals surface area contributed by atoms with Crippen molar-refractivity contribution in [3.05, 3.63) is 54.1 Å². The van der Waals surface area contributed by atoms with Gasteiger partial charge in [0.25, 0.3) is 0 Å². The summed E-state index contributed by atoms with van der Waals surface area (Å²) < 4.78 is 1.84. The van der Waals surface area contributed by atoms with Crippen molar-refractivity contribution in [3.63, 3.8) is 0 Å². The van der Waals surface area contributed by atoms with E-state index < -0.39 is 0 Å². The maximum atomic E-state index is 5.67. The van der Waals surface area contributed by atoms with Gasteiger partial charge in [-0.1, -0.05) is 30.4 Å². The molecule has 0 radical (unpaired) electrons. The first-order chi connectivity index (χ1) is 10.1. The lowest BCUT2D eigenvalue weighted by molar-refractivity contribution is 0.891. The lowest BCUT2D eigenvalue weighted by atomic mass is 10.1. The molecule has 21 heavy (non-hydrogen) atoms. The highest BCUT2D eigenvalue weighted by Gasteiger charge is 2.10. The van der Waals surface area contributed by atoms with E-state index in [4.69, 9.17) is 18.0 Å². The molecule has 3 aromatic rings. The molecule has 0 aliphatic carbocycles.